The van der Waals surface area contributed by atoms with E-state index in [-0.39, 0.29) is 13.0 Å². The molecule has 0 spiro atoms. The summed E-state index contributed by atoms with van der Waals surface area (Å²) in [7, 11) is 0. The van der Waals surface area contributed by atoms with Gasteiger partial charge in [0.25, 0.3) is 0 Å². The molecule has 0 aromatic carbocycles. The summed E-state index contributed by atoms with van der Waals surface area (Å²) >= 11 is 0. The van der Waals surface area contributed by atoms with Crippen molar-refractivity contribution in [3.8, 4) is 0 Å². The summed E-state index contributed by atoms with van der Waals surface area (Å²) in [5, 5.41) is 8.18. The number of aliphatic carboxylic acids is 1. The fourth-order valence-corrected chi connectivity index (χ4v) is 0.758. The van der Waals surface area contributed by atoms with Crippen LogP contribution in [-0.2, 0) is 28.7 Å². The number of rotatable bonds is 5. The van der Waals surface area contributed by atoms with Crippen LogP contribution in [0.15, 0.2) is 24.8 Å². The van der Waals surface area contributed by atoms with Crippen LogP contribution in [0.4, 0.5) is 0 Å². The summed E-state index contributed by atoms with van der Waals surface area (Å²) in [6.07, 6.45) is 3.57. The number of carbonyl (C=O) groups is 4. The van der Waals surface area contributed by atoms with Gasteiger partial charge in [0, 0.05) is 24.6 Å². The van der Waals surface area contributed by atoms with E-state index in [0.29, 0.717) is 6.42 Å². The van der Waals surface area contributed by atoms with E-state index >= 15 is 0 Å². The lowest BCUT2D eigenvalue weighted by molar-refractivity contribution is -0.150. The molecular weight excluding hydrogens is 244 g/mol. The predicted octanol–water partition coefficient (Wildman–Crippen LogP) is 0.206. The third-order valence-corrected chi connectivity index (χ3v) is 1.50. The van der Waals surface area contributed by atoms with Gasteiger partial charge < -0.3 is 14.6 Å². The molecule has 0 unspecified atom stereocenters. The Morgan fingerprint density at radius 2 is 1.89 bits per heavy atom. The zero-order valence-electron chi connectivity index (χ0n) is 9.46. The predicted molar refractivity (Wildman–Crippen MR) is 58.3 cm³/mol. The average molecular weight is 256 g/mol. The highest BCUT2D eigenvalue weighted by Gasteiger charge is 2.10. The zero-order chi connectivity index (χ0) is 14.0. The first kappa shape index (κ1) is 15.6. The highest BCUT2D eigenvalue weighted by Crippen LogP contribution is 1.92. The summed E-state index contributed by atoms with van der Waals surface area (Å²) in [6.45, 7) is 3.32. The van der Waals surface area contributed by atoms with Gasteiger partial charge in [0.05, 0.1) is 6.61 Å². The molecule has 1 N–H and O–H groups in total. The molecular formula is C11H12O7. The molecule has 0 saturated carbocycles. The maximum atomic E-state index is 10.4. The molecule has 0 atom stereocenters. The largest absolute Gasteiger partial charge is 0.481 e. The number of hydrogen-bond donors (Lipinski definition) is 1. The number of carboxylic acid groups (broad SMARTS) is 1. The van der Waals surface area contributed by atoms with E-state index in [9.17, 15) is 19.2 Å². The molecule has 0 aromatic rings. The van der Waals surface area contributed by atoms with Crippen molar-refractivity contribution >= 4 is 23.9 Å². The topological polar surface area (TPSA) is 107 Å². The molecule has 98 valence electrons. The van der Waals surface area contributed by atoms with E-state index in [4.69, 9.17) is 5.11 Å². The second kappa shape index (κ2) is 8.68. The van der Waals surface area contributed by atoms with Gasteiger partial charge in [0.2, 0.25) is 0 Å². The van der Waals surface area contributed by atoms with Crippen molar-refractivity contribution in [3.05, 3.63) is 24.8 Å². The standard InChI is InChI=1S/C7H10O4.C4H2O3/c1-2-7(10)11-5-3-4-6(8)9;5-3-1-2-4(6)7-3/h2H,1,3-5H2,(H,8,9);1-2H. The highest BCUT2D eigenvalue weighted by molar-refractivity contribution is 6.04. The monoisotopic (exact) mass is 256 g/mol. The Morgan fingerprint density at radius 1 is 1.33 bits per heavy atom. The summed E-state index contributed by atoms with van der Waals surface area (Å²) in [5.41, 5.74) is 0. The maximum absolute atomic E-state index is 10.4. The Hall–Kier alpha value is -2.44. The van der Waals surface area contributed by atoms with Crippen molar-refractivity contribution < 1.29 is 33.8 Å². The maximum Gasteiger partial charge on any atom is 0.338 e. The molecule has 0 bridgehead atoms. The number of esters is 3. The Kier molecular flexibility index (Phi) is 7.51. The van der Waals surface area contributed by atoms with Crippen molar-refractivity contribution in [2.45, 2.75) is 12.8 Å². The Labute approximate surface area is 103 Å². The Balaban J connectivity index is 0.000000351. The molecule has 1 heterocycles. The normalized spacial score (nSPS) is 12.2. The van der Waals surface area contributed by atoms with E-state index in [1.807, 2.05) is 0 Å². The van der Waals surface area contributed by atoms with Crippen LogP contribution in [0.1, 0.15) is 12.8 Å². The molecule has 1 aliphatic rings. The smallest absolute Gasteiger partial charge is 0.338 e. The van der Waals surface area contributed by atoms with Crippen molar-refractivity contribution in [3.63, 3.8) is 0 Å². The molecule has 0 amide bonds. The van der Waals surface area contributed by atoms with Gasteiger partial charge in [-0.1, -0.05) is 6.58 Å². The van der Waals surface area contributed by atoms with Crippen LogP contribution in [0.3, 0.4) is 0 Å². The minimum absolute atomic E-state index is 0.0183. The lowest BCUT2D eigenvalue weighted by Crippen LogP contribution is -2.04. The van der Waals surface area contributed by atoms with Crippen molar-refractivity contribution in [2.75, 3.05) is 6.61 Å². The molecule has 0 aliphatic carbocycles. The Bertz CT molecular complexity index is 365. The van der Waals surface area contributed by atoms with Gasteiger partial charge in [-0.25, -0.2) is 14.4 Å². The van der Waals surface area contributed by atoms with Crippen LogP contribution in [0.2, 0.25) is 0 Å². The second-order valence-electron chi connectivity index (χ2n) is 2.94. The average Bonchev–Trinajstić information content (AvgIpc) is 2.69. The SMILES string of the molecule is C=CC(=O)OCCCC(=O)O.O=C1C=CC(=O)O1. The van der Waals surface area contributed by atoms with Gasteiger partial charge in [0.1, 0.15) is 0 Å². The number of carbonyl (C=O) groups excluding carboxylic acids is 3. The quantitative estimate of drug-likeness (QED) is 0.324. The zero-order valence-corrected chi connectivity index (χ0v) is 9.46. The Morgan fingerprint density at radius 3 is 2.22 bits per heavy atom. The molecule has 7 nitrogen and oxygen atoms in total. The third-order valence-electron chi connectivity index (χ3n) is 1.50. The molecule has 7 heteroatoms. The highest BCUT2D eigenvalue weighted by atomic mass is 16.6. The lowest BCUT2D eigenvalue weighted by Gasteiger charge is -1.98. The van der Waals surface area contributed by atoms with E-state index in [2.05, 4.69) is 16.1 Å². The van der Waals surface area contributed by atoms with Crippen LogP contribution in [-0.4, -0.2) is 35.6 Å². The van der Waals surface area contributed by atoms with E-state index in [1.54, 1.807) is 0 Å². The second-order valence-corrected chi connectivity index (χ2v) is 2.94. The van der Waals surface area contributed by atoms with Crippen molar-refractivity contribution in [1.29, 1.82) is 0 Å². The molecule has 0 fully saturated rings. The number of hydrogen-bond acceptors (Lipinski definition) is 6. The minimum atomic E-state index is -0.889. The summed E-state index contributed by atoms with van der Waals surface area (Å²) in [4.78, 5) is 40.2. The van der Waals surface area contributed by atoms with Crippen LogP contribution in [0.25, 0.3) is 0 Å². The summed E-state index contributed by atoms with van der Waals surface area (Å²) in [6, 6.07) is 0. The number of ether oxygens (including phenoxy) is 2. The van der Waals surface area contributed by atoms with Crippen LogP contribution < -0.4 is 0 Å². The number of cyclic esters (lactones) is 2. The van der Waals surface area contributed by atoms with Crippen molar-refractivity contribution in [1.82, 2.24) is 0 Å². The van der Waals surface area contributed by atoms with Gasteiger partial charge in [-0.3, -0.25) is 4.79 Å². The molecule has 18 heavy (non-hydrogen) atoms. The first-order valence-electron chi connectivity index (χ1n) is 4.90. The third kappa shape index (κ3) is 8.84. The van der Waals surface area contributed by atoms with Gasteiger partial charge >= 0.3 is 23.9 Å². The van der Waals surface area contributed by atoms with E-state index in [1.165, 1.54) is 0 Å². The first-order valence-corrected chi connectivity index (χ1v) is 4.90. The summed E-state index contributed by atoms with van der Waals surface area (Å²) in [5.74, 6) is -2.56. The molecule has 0 aromatic heterocycles. The van der Waals surface area contributed by atoms with Crippen LogP contribution in [0.5, 0.6) is 0 Å². The van der Waals surface area contributed by atoms with E-state index in [0.717, 1.165) is 18.2 Å². The molecule has 0 radical (unpaired) electrons. The first-order chi connectivity index (χ1) is 8.45. The fraction of sp³-hybridized carbons (Fsp3) is 0.273. The van der Waals surface area contributed by atoms with Crippen molar-refractivity contribution in [2.24, 2.45) is 0 Å². The van der Waals surface area contributed by atoms with Crippen LogP contribution >= 0.6 is 0 Å². The minimum Gasteiger partial charge on any atom is -0.481 e. The molecule has 1 aliphatic heterocycles. The van der Waals surface area contributed by atoms with Gasteiger partial charge in [-0.2, -0.15) is 0 Å². The van der Waals surface area contributed by atoms with Gasteiger partial charge in [-0.05, 0) is 6.42 Å². The number of carboxylic acids is 1. The molecule has 1 rings (SSSR count). The summed E-state index contributed by atoms with van der Waals surface area (Å²) < 4.78 is 8.49. The van der Waals surface area contributed by atoms with E-state index < -0.39 is 23.9 Å². The fourth-order valence-electron chi connectivity index (χ4n) is 0.758. The lowest BCUT2D eigenvalue weighted by atomic mass is 10.3. The van der Waals surface area contributed by atoms with Gasteiger partial charge in [0.15, 0.2) is 0 Å². The van der Waals surface area contributed by atoms with Gasteiger partial charge in [-0.15, -0.1) is 0 Å². The van der Waals surface area contributed by atoms with Crippen LogP contribution in [0, 0.1) is 0 Å². The molecule has 0 saturated heterocycles.